The molecule has 1 aliphatic rings. The zero-order chi connectivity index (χ0) is 28.8. The van der Waals surface area contributed by atoms with Crippen molar-refractivity contribution in [1.82, 2.24) is 9.97 Å². The van der Waals surface area contributed by atoms with Gasteiger partial charge >= 0.3 is 0 Å². The number of pyridine rings is 1. The lowest BCUT2D eigenvalue weighted by atomic mass is 9.84. The number of aromatic nitrogens is 2. The molecule has 0 bridgehead atoms. The summed E-state index contributed by atoms with van der Waals surface area (Å²) in [7, 11) is 1.00. The van der Waals surface area contributed by atoms with E-state index in [9.17, 15) is 9.90 Å². The van der Waals surface area contributed by atoms with E-state index in [1.165, 1.54) is 0 Å². The number of H-pyrrole nitrogens is 1. The van der Waals surface area contributed by atoms with Crippen LogP contribution in [0, 0.1) is 5.92 Å². The maximum Gasteiger partial charge on any atom is 0.153 e. The first-order valence-corrected chi connectivity index (χ1v) is 13.9. The summed E-state index contributed by atoms with van der Waals surface area (Å²) in [5.74, 6) is 1.21. The first-order valence-electron chi connectivity index (χ1n) is 13.5. The summed E-state index contributed by atoms with van der Waals surface area (Å²) in [5.41, 5.74) is 5.27. The molecule has 41 heavy (non-hydrogen) atoms. The number of hydrogen-bond acceptors (Lipinski definition) is 6. The van der Waals surface area contributed by atoms with Crippen molar-refractivity contribution in [3.05, 3.63) is 107 Å². The SMILES string of the molecule is CO.O=Cc1ccc(N2CCC(C(O)c3ccccc3-c3ccc(Cl)cc3)CC2)cc1Oc1cnc2[nH]ccc2c1. The molecule has 0 radical (unpaired) electrons. The molecular formula is C33H32ClN3O4. The van der Waals surface area contributed by atoms with E-state index >= 15 is 0 Å². The summed E-state index contributed by atoms with van der Waals surface area (Å²) >= 11 is 6.09. The van der Waals surface area contributed by atoms with E-state index in [0.717, 1.165) is 72.7 Å². The lowest BCUT2D eigenvalue weighted by molar-refractivity contribution is 0.0934. The van der Waals surface area contributed by atoms with E-state index in [2.05, 4.69) is 20.9 Å². The maximum atomic E-state index is 11.7. The Morgan fingerprint density at radius 1 is 1.02 bits per heavy atom. The van der Waals surface area contributed by atoms with Crippen LogP contribution in [0.4, 0.5) is 5.69 Å². The number of hydrogen-bond donors (Lipinski definition) is 3. The molecule has 1 saturated heterocycles. The average Bonchev–Trinajstić information content (AvgIpc) is 3.50. The van der Waals surface area contributed by atoms with Crippen LogP contribution in [-0.4, -0.2) is 46.7 Å². The van der Waals surface area contributed by atoms with Crippen molar-refractivity contribution >= 4 is 34.6 Å². The number of fused-ring (bicyclic) bond motifs is 1. The molecule has 0 aliphatic carbocycles. The van der Waals surface area contributed by atoms with Crippen LogP contribution in [0.15, 0.2) is 91.3 Å². The smallest absolute Gasteiger partial charge is 0.153 e. The van der Waals surface area contributed by atoms with Gasteiger partial charge < -0.3 is 24.8 Å². The number of aromatic amines is 1. The Kier molecular flexibility index (Phi) is 8.99. The first kappa shape index (κ1) is 28.4. The molecule has 0 amide bonds. The molecule has 1 fully saturated rings. The monoisotopic (exact) mass is 569 g/mol. The Labute approximate surface area is 244 Å². The Morgan fingerprint density at radius 3 is 2.54 bits per heavy atom. The number of nitrogens with one attached hydrogen (secondary N) is 1. The number of anilines is 1. The Bertz CT molecular complexity index is 1610. The minimum Gasteiger partial charge on any atom is -0.455 e. The van der Waals surface area contributed by atoms with Crippen LogP contribution in [-0.2, 0) is 0 Å². The maximum absolute atomic E-state index is 11.7. The van der Waals surface area contributed by atoms with Gasteiger partial charge in [-0.15, -0.1) is 0 Å². The van der Waals surface area contributed by atoms with Gasteiger partial charge in [-0.25, -0.2) is 4.98 Å². The number of carbonyl (C=O) groups is 1. The van der Waals surface area contributed by atoms with Gasteiger partial charge in [-0.2, -0.15) is 0 Å². The first-order chi connectivity index (χ1) is 20.1. The highest BCUT2D eigenvalue weighted by molar-refractivity contribution is 6.30. The number of aliphatic hydroxyl groups excluding tert-OH is 2. The van der Waals surface area contributed by atoms with Gasteiger partial charge in [-0.3, -0.25) is 4.79 Å². The van der Waals surface area contributed by atoms with Gasteiger partial charge in [-0.05, 0) is 71.8 Å². The summed E-state index contributed by atoms with van der Waals surface area (Å²) in [4.78, 5) is 21.5. The van der Waals surface area contributed by atoms with E-state index < -0.39 is 6.10 Å². The van der Waals surface area contributed by atoms with Crippen LogP contribution < -0.4 is 9.64 Å². The Hall–Kier alpha value is -4.17. The van der Waals surface area contributed by atoms with E-state index in [-0.39, 0.29) is 5.92 Å². The molecule has 3 N–H and O–H groups in total. The van der Waals surface area contributed by atoms with Gasteiger partial charge in [0.15, 0.2) is 6.29 Å². The summed E-state index contributed by atoms with van der Waals surface area (Å²) < 4.78 is 6.11. The molecular weight excluding hydrogens is 538 g/mol. The van der Waals surface area contributed by atoms with E-state index in [1.807, 2.05) is 72.9 Å². The second-order valence-electron chi connectivity index (χ2n) is 9.89. The van der Waals surface area contributed by atoms with Crippen LogP contribution in [0.5, 0.6) is 11.5 Å². The largest absolute Gasteiger partial charge is 0.455 e. The molecule has 3 heterocycles. The highest BCUT2D eigenvalue weighted by atomic mass is 35.5. The standard InChI is InChI=1S/C32H28ClN3O3.CH4O/c33-25-8-5-21(6-9-25)28-3-1-2-4-29(28)31(38)22-12-15-36(16-13-22)26-10-7-24(20-37)30(18-26)39-27-17-23-11-14-34-32(23)35-19-27;1-2/h1-11,14,17-20,22,31,38H,12-13,15-16H2,(H,34,35);2H,1H3. The summed E-state index contributed by atoms with van der Waals surface area (Å²) in [5, 5.41) is 20.1. The van der Waals surface area contributed by atoms with Crippen molar-refractivity contribution in [2.45, 2.75) is 18.9 Å². The summed E-state index contributed by atoms with van der Waals surface area (Å²) in [6, 6.07) is 25.3. The molecule has 1 unspecified atom stereocenters. The van der Waals surface area contributed by atoms with Gasteiger partial charge in [0.25, 0.3) is 0 Å². The number of halogens is 1. The topological polar surface area (TPSA) is 98.7 Å². The second-order valence-corrected chi connectivity index (χ2v) is 10.3. The number of nitrogens with zero attached hydrogens (tertiary/aromatic N) is 2. The van der Waals surface area contributed by atoms with Crippen molar-refractivity contribution in [3.63, 3.8) is 0 Å². The molecule has 2 aromatic heterocycles. The molecule has 7 nitrogen and oxygen atoms in total. The van der Waals surface area contributed by atoms with Crippen LogP contribution in [0.2, 0.25) is 5.02 Å². The predicted molar refractivity (Wildman–Crippen MR) is 163 cm³/mol. The normalized spacial score (nSPS) is 14.3. The highest BCUT2D eigenvalue weighted by Crippen LogP contribution is 2.38. The number of rotatable bonds is 7. The fraction of sp³-hybridized carbons (Fsp3) is 0.212. The van der Waals surface area contributed by atoms with E-state index in [1.54, 1.807) is 12.3 Å². The Morgan fingerprint density at radius 2 is 1.78 bits per heavy atom. The van der Waals surface area contributed by atoms with Crippen LogP contribution in [0.3, 0.4) is 0 Å². The van der Waals surface area contributed by atoms with Crippen molar-refractivity contribution in [3.8, 4) is 22.6 Å². The van der Waals surface area contributed by atoms with E-state index in [4.69, 9.17) is 21.4 Å². The van der Waals surface area contributed by atoms with Gasteiger partial charge in [0.05, 0.1) is 17.9 Å². The molecule has 8 heteroatoms. The molecule has 3 aromatic carbocycles. The number of piperidine rings is 1. The highest BCUT2D eigenvalue weighted by Gasteiger charge is 2.28. The average molecular weight is 570 g/mol. The minimum atomic E-state index is -0.564. The molecule has 0 spiro atoms. The van der Waals surface area contributed by atoms with E-state index in [0.29, 0.717) is 22.1 Å². The van der Waals surface area contributed by atoms with Gasteiger partial charge in [0.2, 0.25) is 0 Å². The number of aliphatic hydroxyl groups is 2. The summed E-state index contributed by atoms with van der Waals surface area (Å²) in [6.07, 6.45) is 5.41. The fourth-order valence-electron chi connectivity index (χ4n) is 5.38. The molecule has 6 rings (SSSR count). The van der Waals surface area contributed by atoms with Gasteiger partial charge in [0.1, 0.15) is 17.1 Å². The predicted octanol–water partition coefficient (Wildman–Crippen LogP) is 7.05. The van der Waals surface area contributed by atoms with Crippen LogP contribution in [0.25, 0.3) is 22.2 Å². The van der Waals surface area contributed by atoms with Crippen molar-refractivity contribution < 1.29 is 19.7 Å². The van der Waals surface area contributed by atoms with Crippen molar-refractivity contribution in [2.24, 2.45) is 5.92 Å². The molecule has 1 atom stereocenters. The summed E-state index contributed by atoms with van der Waals surface area (Å²) in [6.45, 7) is 1.59. The lowest BCUT2D eigenvalue weighted by Crippen LogP contribution is -2.35. The zero-order valence-corrected chi connectivity index (χ0v) is 23.5. The molecule has 210 valence electrons. The third-order valence-electron chi connectivity index (χ3n) is 7.51. The molecule has 0 saturated carbocycles. The van der Waals surface area contributed by atoms with Crippen LogP contribution in [0.1, 0.15) is 34.9 Å². The molecule has 5 aromatic rings. The number of aldehydes is 1. The number of benzene rings is 3. The second kappa shape index (κ2) is 13.0. The number of carbonyl (C=O) groups excluding carboxylic acids is 1. The Balaban J connectivity index is 0.00000165. The minimum absolute atomic E-state index is 0.138. The van der Waals surface area contributed by atoms with Gasteiger partial charge in [0, 0.05) is 48.6 Å². The fourth-order valence-corrected chi connectivity index (χ4v) is 5.51. The third kappa shape index (κ3) is 6.28. The quantitative estimate of drug-likeness (QED) is 0.182. The van der Waals surface area contributed by atoms with Crippen LogP contribution >= 0.6 is 11.6 Å². The number of ether oxygens (including phenoxy) is 1. The van der Waals surface area contributed by atoms with Gasteiger partial charge in [-0.1, -0.05) is 48.0 Å². The van der Waals surface area contributed by atoms with Crippen molar-refractivity contribution in [2.75, 3.05) is 25.1 Å². The zero-order valence-electron chi connectivity index (χ0n) is 22.7. The third-order valence-corrected chi connectivity index (χ3v) is 7.76. The lowest BCUT2D eigenvalue weighted by Gasteiger charge is -2.36. The van der Waals surface area contributed by atoms with Crippen molar-refractivity contribution in [1.29, 1.82) is 0 Å². The molecule has 1 aliphatic heterocycles.